The van der Waals surface area contributed by atoms with Crippen LogP contribution >= 0.6 is 0 Å². The van der Waals surface area contributed by atoms with Gasteiger partial charge in [0.1, 0.15) is 17.5 Å². The Morgan fingerprint density at radius 2 is 2.16 bits per heavy atom. The zero-order valence-corrected chi connectivity index (χ0v) is 12.0. The van der Waals surface area contributed by atoms with Crippen molar-refractivity contribution in [2.45, 2.75) is 46.0 Å². The number of rotatable bonds is 7. The molecular weight excluding hydrogens is 238 g/mol. The summed E-state index contributed by atoms with van der Waals surface area (Å²) in [6.45, 7) is 6.39. The molecule has 0 unspecified atom stereocenters. The quantitative estimate of drug-likeness (QED) is 0.584. The van der Waals surface area contributed by atoms with Gasteiger partial charge in [0.05, 0.1) is 0 Å². The number of aromatic nitrogens is 2. The predicted octanol–water partition coefficient (Wildman–Crippen LogP) is 2.34. The number of nitrogens with one attached hydrogen (secondary N) is 1. The fourth-order valence-electron chi connectivity index (χ4n) is 2.43. The summed E-state index contributed by atoms with van der Waals surface area (Å²) in [5.41, 5.74) is 2.65. The molecule has 0 radical (unpaired) electrons. The molecule has 0 bridgehead atoms. The van der Waals surface area contributed by atoms with Crippen LogP contribution in [0.15, 0.2) is 6.07 Å². The molecule has 0 atom stereocenters. The molecule has 1 aromatic rings. The van der Waals surface area contributed by atoms with Crippen molar-refractivity contribution in [3.63, 3.8) is 0 Å². The molecule has 2 rings (SSSR count). The Kier molecular flexibility index (Phi) is 4.96. The molecule has 3 N–H and O–H groups in total. The van der Waals surface area contributed by atoms with Crippen molar-refractivity contribution in [1.29, 1.82) is 0 Å². The molecule has 1 aliphatic rings. The highest BCUT2D eigenvalue weighted by atomic mass is 15.3. The van der Waals surface area contributed by atoms with Crippen LogP contribution in [0.4, 0.5) is 11.6 Å². The average molecular weight is 263 g/mol. The van der Waals surface area contributed by atoms with E-state index in [4.69, 9.17) is 5.84 Å². The molecule has 5 nitrogen and oxygen atoms in total. The number of hydrogen-bond donors (Lipinski definition) is 2. The fraction of sp³-hybridized carbons (Fsp3) is 0.714. The summed E-state index contributed by atoms with van der Waals surface area (Å²) in [6.07, 6.45) is 6.02. The van der Waals surface area contributed by atoms with Gasteiger partial charge >= 0.3 is 0 Å². The van der Waals surface area contributed by atoms with E-state index in [0.717, 1.165) is 43.5 Å². The maximum atomic E-state index is 5.51. The minimum Gasteiger partial charge on any atom is -0.356 e. The van der Waals surface area contributed by atoms with E-state index in [1.807, 2.05) is 6.07 Å². The van der Waals surface area contributed by atoms with E-state index < -0.39 is 0 Å². The molecule has 19 heavy (non-hydrogen) atoms. The fourth-order valence-corrected chi connectivity index (χ4v) is 2.43. The second-order valence-corrected chi connectivity index (χ2v) is 5.26. The highest BCUT2D eigenvalue weighted by Crippen LogP contribution is 2.28. The molecule has 5 heteroatoms. The van der Waals surface area contributed by atoms with E-state index in [1.54, 1.807) is 0 Å². The van der Waals surface area contributed by atoms with Crippen LogP contribution in [0.2, 0.25) is 0 Å². The summed E-state index contributed by atoms with van der Waals surface area (Å²) >= 11 is 0. The Morgan fingerprint density at radius 3 is 2.68 bits per heavy atom. The lowest BCUT2D eigenvalue weighted by Gasteiger charge is -2.32. The Morgan fingerprint density at radius 1 is 1.37 bits per heavy atom. The molecule has 1 fully saturated rings. The zero-order valence-electron chi connectivity index (χ0n) is 12.0. The topological polar surface area (TPSA) is 67.1 Å². The van der Waals surface area contributed by atoms with Crippen molar-refractivity contribution in [3.8, 4) is 0 Å². The summed E-state index contributed by atoms with van der Waals surface area (Å²) in [4.78, 5) is 11.4. The van der Waals surface area contributed by atoms with Crippen molar-refractivity contribution in [2.24, 2.45) is 11.8 Å². The van der Waals surface area contributed by atoms with Crippen LogP contribution in [-0.2, 0) is 6.42 Å². The van der Waals surface area contributed by atoms with Gasteiger partial charge in [-0.15, -0.1) is 0 Å². The van der Waals surface area contributed by atoms with Crippen LogP contribution in [0, 0.1) is 5.92 Å². The Labute approximate surface area is 115 Å². The van der Waals surface area contributed by atoms with Crippen molar-refractivity contribution in [3.05, 3.63) is 11.9 Å². The first-order chi connectivity index (χ1) is 9.26. The number of hydrogen-bond acceptors (Lipinski definition) is 5. The minimum atomic E-state index is 0.709. The smallest absolute Gasteiger partial charge is 0.145 e. The van der Waals surface area contributed by atoms with Crippen molar-refractivity contribution >= 4 is 11.6 Å². The number of nitrogens with zero attached hydrogens (tertiary/aromatic N) is 3. The number of nitrogen functional groups attached to an aromatic ring is 1. The molecule has 0 amide bonds. The maximum absolute atomic E-state index is 5.51. The van der Waals surface area contributed by atoms with Gasteiger partial charge in [-0.2, -0.15) is 0 Å². The van der Waals surface area contributed by atoms with Gasteiger partial charge in [0.2, 0.25) is 0 Å². The molecule has 1 saturated carbocycles. The van der Waals surface area contributed by atoms with Crippen LogP contribution in [0.25, 0.3) is 0 Å². The lowest BCUT2D eigenvalue weighted by atomic mass is 9.85. The van der Waals surface area contributed by atoms with Crippen molar-refractivity contribution in [2.75, 3.05) is 23.4 Å². The molecule has 1 aliphatic carbocycles. The zero-order chi connectivity index (χ0) is 13.7. The molecular formula is C14H25N5. The normalized spacial score (nSPS) is 15.1. The summed E-state index contributed by atoms with van der Waals surface area (Å²) in [5, 5.41) is 0. The third-order valence-electron chi connectivity index (χ3n) is 3.79. The van der Waals surface area contributed by atoms with Crippen LogP contribution in [0.1, 0.15) is 45.4 Å². The average Bonchev–Trinajstić information content (AvgIpc) is 2.37. The van der Waals surface area contributed by atoms with Gasteiger partial charge in [0.25, 0.3) is 0 Å². The van der Waals surface area contributed by atoms with E-state index >= 15 is 0 Å². The molecule has 0 aliphatic heterocycles. The van der Waals surface area contributed by atoms with E-state index in [0.29, 0.717) is 5.82 Å². The first kappa shape index (κ1) is 14.1. The maximum Gasteiger partial charge on any atom is 0.145 e. The van der Waals surface area contributed by atoms with Gasteiger partial charge < -0.3 is 10.3 Å². The van der Waals surface area contributed by atoms with Gasteiger partial charge in [0.15, 0.2) is 0 Å². The van der Waals surface area contributed by atoms with Gasteiger partial charge in [-0.3, -0.25) is 0 Å². The first-order valence-corrected chi connectivity index (χ1v) is 7.36. The van der Waals surface area contributed by atoms with E-state index in [2.05, 4.69) is 34.1 Å². The van der Waals surface area contributed by atoms with E-state index in [1.165, 1.54) is 19.3 Å². The summed E-state index contributed by atoms with van der Waals surface area (Å²) in [7, 11) is 0. The Balaban J connectivity index is 2.16. The number of nitrogens with two attached hydrogens (primary N) is 1. The lowest BCUT2D eigenvalue weighted by Crippen LogP contribution is -2.33. The highest BCUT2D eigenvalue weighted by molar-refractivity contribution is 5.49. The van der Waals surface area contributed by atoms with Gasteiger partial charge in [0, 0.05) is 25.6 Å². The van der Waals surface area contributed by atoms with Crippen LogP contribution < -0.4 is 16.2 Å². The summed E-state index contributed by atoms with van der Waals surface area (Å²) in [6, 6.07) is 1.95. The van der Waals surface area contributed by atoms with Crippen molar-refractivity contribution < 1.29 is 0 Å². The number of anilines is 2. The summed E-state index contributed by atoms with van der Waals surface area (Å²) in [5.74, 6) is 8.92. The van der Waals surface area contributed by atoms with Gasteiger partial charge in [-0.1, -0.05) is 13.3 Å². The van der Waals surface area contributed by atoms with E-state index in [-0.39, 0.29) is 0 Å². The van der Waals surface area contributed by atoms with Crippen LogP contribution in [0.3, 0.4) is 0 Å². The minimum absolute atomic E-state index is 0.709. The van der Waals surface area contributed by atoms with Gasteiger partial charge in [-0.05, 0) is 32.1 Å². The molecule has 0 saturated heterocycles. The van der Waals surface area contributed by atoms with Crippen molar-refractivity contribution in [1.82, 2.24) is 9.97 Å². The van der Waals surface area contributed by atoms with Crippen LogP contribution in [-0.4, -0.2) is 23.1 Å². The SMILES string of the molecule is CCCc1nc(NN)cc(N(CC)CC2CCC2)n1. The Bertz CT molecular complexity index is 403. The number of aryl methyl sites for hydroxylation is 1. The Hall–Kier alpha value is -1.36. The third kappa shape index (κ3) is 3.56. The molecule has 1 heterocycles. The standard InChI is InChI=1S/C14H25N5/c1-3-6-12-16-13(18-15)9-14(17-12)19(4-2)10-11-7-5-8-11/h9,11H,3-8,10,15H2,1-2H3,(H,16,17,18). The third-order valence-corrected chi connectivity index (χ3v) is 3.79. The second kappa shape index (κ2) is 6.70. The summed E-state index contributed by atoms with van der Waals surface area (Å²) < 4.78 is 0. The molecule has 0 aromatic carbocycles. The second-order valence-electron chi connectivity index (χ2n) is 5.26. The highest BCUT2D eigenvalue weighted by Gasteiger charge is 2.21. The monoisotopic (exact) mass is 263 g/mol. The lowest BCUT2D eigenvalue weighted by molar-refractivity contribution is 0.318. The predicted molar refractivity (Wildman–Crippen MR) is 79.1 cm³/mol. The van der Waals surface area contributed by atoms with Crippen LogP contribution in [0.5, 0.6) is 0 Å². The molecule has 106 valence electrons. The van der Waals surface area contributed by atoms with E-state index in [9.17, 15) is 0 Å². The molecule has 1 aromatic heterocycles. The largest absolute Gasteiger partial charge is 0.356 e. The number of hydrazine groups is 1. The molecule has 0 spiro atoms. The van der Waals surface area contributed by atoms with Gasteiger partial charge in [-0.25, -0.2) is 15.8 Å². The first-order valence-electron chi connectivity index (χ1n) is 7.36.